The molecule has 0 amide bonds. The summed E-state index contributed by atoms with van der Waals surface area (Å²) in [4.78, 5) is 16.7. The first kappa shape index (κ1) is 23.9. The van der Waals surface area contributed by atoms with Crippen molar-refractivity contribution in [2.45, 2.75) is 26.4 Å². The number of amidine groups is 1. The Morgan fingerprint density at radius 1 is 1.09 bits per heavy atom. The number of benzene rings is 1. The number of nitrogens with zero attached hydrogens (tertiary/aromatic N) is 4. The maximum absolute atomic E-state index is 14.6. The van der Waals surface area contributed by atoms with Crippen LogP contribution < -0.4 is 10.6 Å². The summed E-state index contributed by atoms with van der Waals surface area (Å²) in [7, 11) is 1.90. The number of likely N-dealkylation sites (N-methyl/N-ethyl adjacent to an activating group) is 1. The summed E-state index contributed by atoms with van der Waals surface area (Å²) in [6, 6.07) is 15.9. The molecule has 0 saturated heterocycles. The molecule has 0 bridgehead atoms. The quantitative estimate of drug-likeness (QED) is 0.359. The van der Waals surface area contributed by atoms with Gasteiger partial charge in [-0.3, -0.25) is 20.0 Å². The summed E-state index contributed by atoms with van der Waals surface area (Å²) in [5.41, 5.74) is 6.11. The van der Waals surface area contributed by atoms with Gasteiger partial charge in [0.15, 0.2) is 11.7 Å². The first-order valence-corrected chi connectivity index (χ1v) is 10.8. The highest BCUT2D eigenvalue weighted by Crippen LogP contribution is 2.20. The van der Waals surface area contributed by atoms with Crippen molar-refractivity contribution < 1.29 is 4.39 Å². The Labute approximate surface area is 194 Å². The van der Waals surface area contributed by atoms with Crippen LogP contribution in [0.25, 0.3) is 11.1 Å². The minimum atomic E-state index is -0.561. The Kier molecular flexibility index (Phi) is 8.97. The van der Waals surface area contributed by atoms with Crippen LogP contribution in [0.4, 0.5) is 4.39 Å². The molecule has 170 valence electrons. The van der Waals surface area contributed by atoms with Gasteiger partial charge in [0.2, 0.25) is 0 Å². The predicted octanol–water partition coefficient (Wildman–Crippen LogP) is 4.41. The lowest BCUT2D eigenvalue weighted by Crippen LogP contribution is -2.25. The van der Waals surface area contributed by atoms with Crippen molar-refractivity contribution in [3.63, 3.8) is 0 Å². The summed E-state index contributed by atoms with van der Waals surface area (Å²) in [6.07, 6.45) is 5.42. The fourth-order valence-electron chi connectivity index (χ4n) is 3.33. The lowest BCUT2D eigenvalue weighted by Gasteiger charge is -2.12. The molecule has 2 heterocycles. The summed E-state index contributed by atoms with van der Waals surface area (Å²) < 4.78 is 14.6. The van der Waals surface area contributed by atoms with Crippen LogP contribution in [0.2, 0.25) is 0 Å². The third kappa shape index (κ3) is 7.15. The molecule has 0 aliphatic heterocycles. The molecule has 0 radical (unpaired) electrons. The number of aromatic nitrogens is 2. The minimum Gasteiger partial charge on any atom is -0.364 e. The fourth-order valence-corrected chi connectivity index (χ4v) is 3.33. The molecule has 0 aliphatic carbocycles. The van der Waals surface area contributed by atoms with E-state index in [0.717, 1.165) is 52.8 Å². The largest absolute Gasteiger partial charge is 0.364 e. The zero-order chi connectivity index (χ0) is 23.5. The van der Waals surface area contributed by atoms with Crippen molar-refractivity contribution in [1.82, 2.24) is 20.6 Å². The molecular formula is C26H29FN6. The highest BCUT2D eigenvalue weighted by atomic mass is 19.1. The van der Waals surface area contributed by atoms with Crippen molar-refractivity contribution in [3.8, 4) is 11.1 Å². The van der Waals surface area contributed by atoms with Gasteiger partial charge in [-0.1, -0.05) is 30.3 Å². The fraction of sp³-hybridized carbons (Fsp3) is 0.231. The maximum Gasteiger partial charge on any atom is 0.183 e. The van der Waals surface area contributed by atoms with Gasteiger partial charge >= 0.3 is 0 Å². The van der Waals surface area contributed by atoms with Crippen LogP contribution in [0.3, 0.4) is 0 Å². The molecule has 1 aromatic carbocycles. The summed E-state index contributed by atoms with van der Waals surface area (Å²) in [6.45, 7) is 6.86. The Balaban J connectivity index is 1.73. The van der Waals surface area contributed by atoms with E-state index in [1.807, 2.05) is 62.5 Å². The van der Waals surface area contributed by atoms with Gasteiger partial charge in [0.05, 0.1) is 12.7 Å². The first-order chi connectivity index (χ1) is 16.1. The second kappa shape index (κ2) is 12.4. The van der Waals surface area contributed by atoms with E-state index < -0.39 is 5.83 Å². The molecule has 0 fully saturated rings. The van der Waals surface area contributed by atoms with Crippen LogP contribution in [-0.4, -0.2) is 36.1 Å². The summed E-state index contributed by atoms with van der Waals surface area (Å²) >= 11 is 0. The molecule has 0 spiro atoms. The number of aryl methyl sites for hydroxylation is 1. The maximum atomic E-state index is 14.6. The van der Waals surface area contributed by atoms with Crippen molar-refractivity contribution in [1.29, 1.82) is 0 Å². The van der Waals surface area contributed by atoms with Crippen molar-refractivity contribution in [3.05, 3.63) is 95.5 Å². The Bertz CT molecular complexity index is 1120. The molecule has 0 saturated carbocycles. The molecule has 6 nitrogen and oxygen atoms in total. The topological polar surface area (TPSA) is 74.6 Å². The van der Waals surface area contributed by atoms with Gasteiger partial charge in [0.25, 0.3) is 0 Å². The lowest BCUT2D eigenvalue weighted by atomic mass is 10.0. The van der Waals surface area contributed by atoms with E-state index in [4.69, 9.17) is 0 Å². The van der Waals surface area contributed by atoms with Crippen molar-refractivity contribution in [2.75, 3.05) is 13.6 Å². The van der Waals surface area contributed by atoms with Crippen LogP contribution in [-0.2, 0) is 19.5 Å². The number of aliphatic imine (C=N–C) groups is 2. The van der Waals surface area contributed by atoms with Gasteiger partial charge in [0.1, 0.15) is 0 Å². The number of pyridine rings is 2. The molecular weight excluding hydrogens is 415 g/mol. The number of nitrogens with one attached hydrogen (secondary N) is 2. The Morgan fingerprint density at radius 3 is 2.64 bits per heavy atom. The molecule has 2 aromatic heterocycles. The van der Waals surface area contributed by atoms with Crippen LogP contribution in [0, 0.1) is 6.92 Å². The number of halogens is 1. The third-order valence-corrected chi connectivity index (χ3v) is 5.08. The molecule has 0 atom stereocenters. The molecule has 3 rings (SSSR count). The Morgan fingerprint density at radius 2 is 1.91 bits per heavy atom. The van der Waals surface area contributed by atoms with Crippen LogP contribution in [0.15, 0.2) is 82.9 Å². The summed E-state index contributed by atoms with van der Waals surface area (Å²) in [5.74, 6) is -0.422. The van der Waals surface area contributed by atoms with E-state index in [9.17, 15) is 4.39 Å². The van der Waals surface area contributed by atoms with E-state index in [0.29, 0.717) is 13.1 Å². The average molecular weight is 445 g/mol. The second-order valence-corrected chi connectivity index (χ2v) is 7.52. The Hall–Kier alpha value is -3.71. The number of rotatable bonds is 10. The highest BCUT2D eigenvalue weighted by Gasteiger charge is 2.09. The predicted molar refractivity (Wildman–Crippen MR) is 133 cm³/mol. The minimum absolute atomic E-state index is 0.139. The molecule has 2 N–H and O–H groups in total. The number of hydrogen-bond donors (Lipinski definition) is 2. The second-order valence-electron chi connectivity index (χ2n) is 7.52. The highest BCUT2D eigenvalue weighted by molar-refractivity contribution is 5.96. The van der Waals surface area contributed by atoms with Gasteiger partial charge in [-0.2, -0.15) is 0 Å². The van der Waals surface area contributed by atoms with Crippen LogP contribution >= 0.6 is 0 Å². The lowest BCUT2D eigenvalue weighted by molar-refractivity contribution is 0.661. The third-order valence-electron chi connectivity index (χ3n) is 5.08. The summed E-state index contributed by atoms with van der Waals surface area (Å²) in [5, 5.41) is 6.23. The van der Waals surface area contributed by atoms with E-state index in [1.165, 1.54) is 0 Å². The first-order valence-electron chi connectivity index (χ1n) is 10.8. The van der Waals surface area contributed by atoms with Crippen molar-refractivity contribution >= 4 is 12.6 Å². The van der Waals surface area contributed by atoms with E-state index in [-0.39, 0.29) is 5.84 Å². The standard InChI is InChI=1S/C26H29FN6/c1-19-15-22(10-14-30-19)21-8-6-20(7-9-21)16-32-26(24(27)18-29-3)33-17-23-5-4-12-31-25(23)11-13-28-2/h4-10,12,14-15,18,28H,3,11,13,16-17H2,1-2H3,(H,32,33)/b24-18+. The average Bonchev–Trinajstić information content (AvgIpc) is 2.84. The van der Waals surface area contributed by atoms with E-state index in [2.05, 4.69) is 37.3 Å². The molecule has 3 aromatic rings. The normalized spacial score (nSPS) is 12.0. The SMILES string of the molecule is C=N/C=C(/F)C(=NCc1ccc(-c2ccnc(C)c2)cc1)NCc1cccnc1CCNC. The van der Waals surface area contributed by atoms with Crippen LogP contribution in [0.5, 0.6) is 0 Å². The van der Waals surface area contributed by atoms with Gasteiger partial charge in [-0.15, -0.1) is 0 Å². The zero-order valence-electron chi connectivity index (χ0n) is 19.1. The van der Waals surface area contributed by atoms with Gasteiger partial charge in [-0.25, -0.2) is 4.39 Å². The molecule has 33 heavy (non-hydrogen) atoms. The van der Waals surface area contributed by atoms with Crippen LogP contribution in [0.1, 0.15) is 22.5 Å². The smallest absolute Gasteiger partial charge is 0.183 e. The van der Waals surface area contributed by atoms with Gasteiger partial charge < -0.3 is 10.6 Å². The monoisotopic (exact) mass is 444 g/mol. The van der Waals surface area contributed by atoms with E-state index >= 15 is 0 Å². The van der Waals surface area contributed by atoms with Gasteiger partial charge in [-0.05, 0) is 61.1 Å². The molecule has 0 aliphatic rings. The number of hydrogen-bond acceptors (Lipinski definition) is 5. The molecule has 0 unspecified atom stereocenters. The van der Waals surface area contributed by atoms with E-state index in [1.54, 1.807) is 12.4 Å². The molecule has 7 heteroatoms. The zero-order valence-corrected chi connectivity index (χ0v) is 19.1. The van der Waals surface area contributed by atoms with Gasteiger partial charge in [0, 0.05) is 43.3 Å². The van der Waals surface area contributed by atoms with Crippen molar-refractivity contribution in [2.24, 2.45) is 9.98 Å².